The molecule has 112 valence electrons. The van der Waals surface area contributed by atoms with Gasteiger partial charge < -0.3 is 10.1 Å². The van der Waals surface area contributed by atoms with Crippen molar-refractivity contribution in [2.45, 2.75) is 33.2 Å². The second-order valence-corrected chi connectivity index (χ2v) is 5.71. The van der Waals surface area contributed by atoms with Crippen LogP contribution in [-0.4, -0.2) is 23.0 Å². The molecule has 0 spiro atoms. The first-order valence-corrected chi connectivity index (χ1v) is 7.69. The summed E-state index contributed by atoms with van der Waals surface area (Å²) in [5.74, 6) is 0.434. The van der Waals surface area contributed by atoms with Crippen LogP contribution in [0.4, 0.5) is 0 Å². The van der Waals surface area contributed by atoms with E-state index in [-0.39, 0.29) is 5.91 Å². The van der Waals surface area contributed by atoms with Crippen LogP contribution in [0.5, 0.6) is 5.88 Å². The smallest absolute Gasteiger partial charge is 0.263 e. The first-order valence-electron chi connectivity index (χ1n) is 6.88. The third-order valence-electron chi connectivity index (χ3n) is 2.99. The number of nitrogens with one attached hydrogen (secondary N) is 1. The van der Waals surface area contributed by atoms with Gasteiger partial charge >= 0.3 is 0 Å². The van der Waals surface area contributed by atoms with Crippen molar-refractivity contribution >= 4 is 17.2 Å². The molecule has 0 fully saturated rings. The summed E-state index contributed by atoms with van der Waals surface area (Å²) in [6, 6.07) is 3.70. The van der Waals surface area contributed by atoms with Crippen LogP contribution < -0.4 is 10.1 Å². The lowest BCUT2D eigenvalue weighted by atomic mass is 10.2. The van der Waals surface area contributed by atoms with Crippen LogP contribution in [0.3, 0.4) is 0 Å². The van der Waals surface area contributed by atoms with E-state index < -0.39 is 0 Å². The molecule has 2 rings (SSSR count). The van der Waals surface area contributed by atoms with Crippen molar-refractivity contribution in [2.24, 2.45) is 0 Å². The Labute approximate surface area is 128 Å². The molecule has 2 heterocycles. The van der Waals surface area contributed by atoms with Crippen molar-refractivity contribution < 1.29 is 9.53 Å². The maximum absolute atomic E-state index is 12.3. The molecule has 5 nitrogen and oxygen atoms in total. The molecule has 0 aliphatic heterocycles. The molecule has 21 heavy (non-hydrogen) atoms. The van der Waals surface area contributed by atoms with E-state index in [4.69, 9.17) is 4.74 Å². The van der Waals surface area contributed by atoms with Crippen molar-refractivity contribution in [2.75, 3.05) is 7.11 Å². The Morgan fingerprint density at radius 3 is 3.00 bits per heavy atom. The largest absolute Gasteiger partial charge is 0.481 e. The number of carbonyl (C=O) groups is 1. The molecule has 0 aliphatic rings. The lowest BCUT2D eigenvalue weighted by Gasteiger charge is -2.07. The zero-order valence-electron chi connectivity index (χ0n) is 12.5. The summed E-state index contributed by atoms with van der Waals surface area (Å²) in [5.41, 5.74) is 1.64. The molecule has 6 heteroatoms. The van der Waals surface area contributed by atoms with Gasteiger partial charge in [0.15, 0.2) is 0 Å². The Morgan fingerprint density at radius 1 is 1.48 bits per heavy atom. The number of hydrogen-bond donors (Lipinski definition) is 1. The van der Waals surface area contributed by atoms with E-state index in [1.807, 2.05) is 19.1 Å². The van der Waals surface area contributed by atoms with Crippen LogP contribution in [0.15, 0.2) is 18.3 Å². The molecule has 0 unspecified atom stereocenters. The molecule has 2 aromatic rings. The van der Waals surface area contributed by atoms with E-state index in [0.29, 0.717) is 17.3 Å². The lowest BCUT2D eigenvalue weighted by Crippen LogP contribution is -2.23. The first-order chi connectivity index (χ1) is 10.2. The van der Waals surface area contributed by atoms with E-state index in [2.05, 4.69) is 22.2 Å². The Hall–Kier alpha value is -1.95. The van der Waals surface area contributed by atoms with E-state index in [1.165, 1.54) is 11.3 Å². The Balaban J connectivity index is 2.04. The molecule has 0 atom stereocenters. The average Bonchev–Trinajstić information content (AvgIpc) is 2.86. The third kappa shape index (κ3) is 3.78. The quantitative estimate of drug-likeness (QED) is 0.891. The van der Waals surface area contributed by atoms with Crippen LogP contribution in [-0.2, 0) is 13.0 Å². The summed E-state index contributed by atoms with van der Waals surface area (Å²) < 4.78 is 5.17. The zero-order chi connectivity index (χ0) is 15.2. The number of nitrogens with zero attached hydrogens (tertiary/aromatic N) is 2. The maximum atomic E-state index is 12.3. The number of ether oxygens (including phenoxy) is 1. The molecule has 2 aromatic heterocycles. The van der Waals surface area contributed by atoms with Crippen LogP contribution in [0.25, 0.3) is 0 Å². The molecular formula is C15H19N3O2S. The van der Waals surface area contributed by atoms with Gasteiger partial charge in [0.1, 0.15) is 4.88 Å². The molecule has 1 amide bonds. The van der Waals surface area contributed by atoms with E-state index in [9.17, 15) is 4.79 Å². The van der Waals surface area contributed by atoms with Gasteiger partial charge in [-0.25, -0.2) is 9.97 Å². The van der Waals surface area contributed by atoms with Crippen molar-refractivity contribution in [3.8, 4) is 5.88 Å². The molecule has 0 bridgehead atoms. The fourth-order valence-corrected chi connectivity index (χ4v) is 3.06. The van der Waals surface area contributed by atoms with Gasteiger partial charge in [-0.2, -0.15) is 0 Å². The Bertz CT molecular complexity index is 625. The fourth-order valence-electron chi connectivity index (χ4n) is 1.98. The molecule has 0 radical (unpaired) electrons. The average molecular weight is 305 g/mol. The summed E-state index contributed by atoms with van der Waals surface area (Å²) in [4.78, 5) is 21.5. The van der Waals surface area contributed by atoms with Gasteiger partial charge in [0.05, 0.1) is 17.8 Å². The molecular weight excluding hydrogens is 286 g/mol. The second kappa shape index (κ2) is 7.17. The number of rotatable bonds is 6. The van der Waals surface area contributed by atoms with E-state index >= 15 is 0 Å². The number of aryl methyl sites for hydroxylation is 2. The second-order valence-electron chi connectivity index (χ2n) is 4.63. The van der Waals surface area contributed by atoms with Crippen LogP contribution in [0.1, 0.15) is 39.3 Å². The molecule has 1 N–H and O–H groups in total. The number of thiazole rings is 1. The highest BCUT2D eigenvalue weighted by Gasteiger charge is 2.15. The normalized spacial score (nSPS) is 10.4. The maximum Gasteiger partial charge on any atom is 0.263 e. The zero-order valence-corrected chi connectivity index (χ0v) is 13.3. The molecule has 0 aromatic carbocycles. The minimum absolute atomic E-state index is 0.0988. The van der Waals surface area contributed by atoms with Gasteiger partial charge in [-0.1, -0.05) is 13.0 Å². The predicted molar refractivity (Wildman–Crippen MR) is 82.8 cm³/mol. The van der Waals surface area contributed by atoms with Crippen molar-refractivity contribution in [3.05, 3.63) is 39.5 Å². The fraction of sp³-hybridized carbons (Fsp3) is 0.400. The van der Waals surface area contributed by atoms with Crippen molar-refractivity contribution in [1.29, 1.82) is 0 Å². The summed E-state index contributed by atoms with van der Waals surface area (Å²) >= 11 is 1.47. The summed E-state index contributed by atoms with van der Waals surface area (Å²) in [7, 11) is 1.57. The Morgan fingerprint density at radius 2 is 2.29 bits per heavy atom. The van der Waals surface area contributed by atoms with Gasteiger partial charge in [0.2, 0.25) is 5.88 Å². The minimum atomic E-state index is -0.0988. The standard InChI is InChI=1S/C15H19N3O2S/c1-4-6-12-18-10(2)13(21-12)14(19)17-9-11-7-5-8-16-15(11)20-3/h5,7-8H,4,6,9H2,1-3H3,(H,17,19). The van der Waals surface area contributed by atoms with Gasteiger partial charge in [0.25, 0.3) is 5.91 Å². The number of methoxy groups -OCH3 is 1. The van der Waals surface area contributed by atoms with Crippen molar-refractivity contribution in [3.63, 3.8) is 0 Å². The first kappa shape index (κ1) is 15.4. The highest BCUT2D eigenvalue weighted by molar-refractivity contribution is 7.13. The third-order valence-corrected chi connectivity index (χ3v) is 4.21. The SMILES string of the molecule is CCCc1nc(C)c(C(=O)NCc2cccnc2OC)s1. The number of pyridine rings is 1. The number of hydrogen-bond acceptors (Lipinski definition) is 5. The highest BCUT2D eigenvalue weighted by Crippen LogP contribution is 2.20. The van der Waals surface area contributed by atoms with Gasteiger partial charge in [-0.15, -0.1) is 11.3 Å². The summed E-state index contributed by atoms with van der Waals surface area (Å²) in [6.45, 7) is 4.36. The van der Waals surface area contributed by atoms with Crippen LogP contribution in [0.2, 0.25) is 0 Å². The lowest BCUT2D eigenvalue weighted by molar-refractivity contribution is 0.0954. The highest BCUT2D eigenvalue weighted by atomic mass is 32.1. The predicted octanol–water partition coefficient (Wildman–Crippen LogP) is 2.74. The number of aromatic nitrogens is 2. The van der Waals surface area contributed by atoms with Gasteiger partial charge in [-0.05, 0) is 25.8 Å². The molecule has 0 saturated carbocycles. The van der Waals surface area contributed by atoms with E-state index in [0.717, 1.165) is 29.1 Å². The van der Waals surface area contributed by atoms with E-state index in [1.54, 1.807) is 13.3 Å². The number of carbonyl (C=O) groups excluding carboxylic acids is 1. The summed E-state index contributed by atoms with van der Waals surface area (Å²) in [6.07, 6.45) is 3.60. The molecule has 0 saturated heterocycles. The van der Waals surface area contributed by atoms with Crippen LogP contribution >= 0.6 is 11.3 Å². The topological polar surface area (TPSA) is 64.1 Å². The van der Waals surface area contributed by atoms with Gasteiger partial charge in [0, 0.05) is 18.3 Å². The number of amides is 1. The Kier molecular flexibility index (Phi) is 5.27. The monoisotopic (exact) mass is 305 g/mol. The summed E-state index contributed by atoms with van der Waals surface area (Å²) in [5, 5.41) is 3.91. The van der Waals surface area contributed by atoms with Crippen LogP contribution in [0, 0.1) is 6.92 Å². The van der Waals surface area contributed by atoms with Crippen molar-refractivity contribution in [1.82, 2.24) is 15.3 Å². The molecule has 0 aliphatic carbocycles. The van der Waals surface area contributed by atoms with Gasteiger partial charge in [-0.3, -0.25) is 4.79 Å². The minimum Gasteiger partial charge on any atom is -0.481 e.